The summed E-state index contributed by atoms with van der Waals surface area (Å²) in [4.78, 5) is 26.6. The van der Waals surface area contributed by atoms with Crippen molar-refractivity contribution < 1.29 is 4.79 Å². The molecule has 0 aliphatic heterocycles. The van der Waals surface area contributed by atoms with Crippen molar-refractivity contribution in [2.45, 2.75) is 0 Å². The molecule has 0 amide bonds. The minimum Gasteiger partial charge on any atom is -0.312 e. The van der Waals surface area contributed by atoms with Gasteiger partial charge in [0.1, 0.15) is 0 Å². The molecule has 0 spiro atoms. The van der Waals surface area contributed by atoms with Crippen molar-refractivity contribution in [3.63, 3.8) is 0 Å². The first-order chi connectivity index (χ1) is 8.24. The highest BCUT2D eigenvalue weighted by Crippen LogP contribution is 2.20. The smallest absolute Gasteiger partial charge is 0.305 e. The predicted molar refractivity (Wildman–Crippen MR) is 70.2 cm³/mol. The maximum Gasteiger partial charge on any atom is 0.305 e. The second-order valence-corrected chi connectivity index (χ2v) is 5.49. The van der Waals surface area contributed by atoms with Gasteiger partial charge in [-0.1, -0.05) is 17.4 Å². The highest BCUT2D eigenvalue weighted by molar-refractivity contribution is 7.16. The minimum absolute atomic E-state index is 0.00255. The van der Waals surface area contributed by atoms with Crippen LogP contribution in [-0.4, -0.2) is 10.8 Å². The average Bonchev–Trinajstić information content (AvgIpc) is 2.94. The number of aromatic amines is 1. The Morgan fingerprint density at radius 1 is 1.24 bits per heavy atom. The van der Waals surface area contributed by atoms with Crippen LogP contribution in [0.3, 0.4) is 0 Å². The van der Waals surface area contributed by atoms with Gasteiger partial charge in [0.2, 0.25) is 5.78 Å². The summed E-state index contributed by atoms with van der Waals surface area (Å²) in [5.41, 5.74) is 1.40. The average molecular weight is 261 g/mol. The molecule has 3 nitrogen and oxygen atoms in total. The molecule has 0 fully saturated rings. The Morgan fingerprint density at radius 2 is 2.12 bits per heavy atom. The molecule has 0 radical (unpaired) electrons. The number of nitrogens with one attached hydrogen (secondary N) is 1. The fourth-order valence-electron chi connectivity index (χ4n) is 1.64. The van der Waals surface area contributed by atoms with E-state index in [1.54, 1.807) is 24.3 Å². The highest BCUT2D eigenvalue weighted by atomic mass is 32.1. The van der Waals surface area contributed by atoms with Crippen LogP contribution in [0.25, 0.3) is 10.2 Å². The van der Waals surface area contributed by atoms with Crippen LogP contribution < -0.4 is 4.87 Å². The Kier molecular flexibility index (Phi) is 2.42. The molecule has 3 rings (SSSR count). The van der Waals surface area contributed by atoms with E-state index in [1.807, 2.05) is 11.4 Å². The maximum atomic E-state index is 12.1. The molecule has 17 heavy (non-hydrogen) atoms. The fourth-order valence-corrected chi connectivity index (χ4v) is 3.10. The Balaban J connectivity index is 2.12. The van der Waals surface area contributed by atoms with E-state index < -0.39 is 0 Å². The molecular formula is C12H7NO2S2. The number of thiazole rings is 1. The molecule has 2 heterocycles. The van der Waals surface area contributed by atoms with Gasteiger partial charge in [-0.05, 0) is 29.6 Å². The summed E-state index contributed by atoms with van der Waals surface area (Å²) in [6.45, 7) is 0. The Morgan fingerprint density at radius 3 is 2.88 bits per heavy atom. The van der Waals surface area contributed by atoms with Crippen LogP contribution in [0.5, 0.6) is 0 Å². The minimum atomic E-state index is -0.0966. The number of rotatable bonds is 2. The van der Waals surface area contributed by atoms with Crippen molar-refractivity contribution in [2.75, 3.05) is 0 Å². The van der Waals surface area contributed by atoms with E-state index in [0.29, 0.717) is 10.4 Å². The van der Waals surface area contributed by atoms with Crippen molar-refractivity contribution in [2.24, 2.45) is 0 Å². The van der Waals surface area contributed by atoms with Crippen LogP contribution in [0, 0.1) is 0 Å². The van der Waals surface area contributed by atoms with Crippen LogP contribution in [0.4, 0.5) is 0 Å². The summed E-state index contributed by atoms with van der Waals surface area (Å²) in [5.74, 6) is 0.00255. The molecule has 84 valence electrons. The monoisotopic (exact) mass is 261 g/mol. The Labute approximate surface area is 104 Å². The van der Waals surface area contributed by atoms with Gasteiger partial charge in [0.05, 0.1) is 15.1 Å². The third kappa shape index (κ3) is 1.83. The van der Waals surface area contributed by atoms with Gasteiger partial charge in [-0.15, -0.1) is 11.3 Å². The lowest BCUT2D eigenvalue weighted by molar-refractivity contribution is 0.104. The summed E-state index contributed by atoms with van der Waals surface area (Å²) in [5, 5.41) is 1.88. The van der Waals surface area contributed by atoms with Crippen LogP contribution in [0.1, 0.15) is 15.2 Å². The first-order valence-electron chi connectivity index (χ1n) is 4.95. The Hall–Kier alpha value is -1.72. The number of thiophene rings is 1. The number of hydrogen-bond donors (Lipinski definition) is 1. The molecule has 0 bridgehead atoms. The predicted octanol–water partition coefficient (Wildman–Crippen LogP) is 2.88. The number of H-pyrrole nitrogens is 1. The van der Waals surface area contributed by atoms with Gasteiger partial charge >= 0.3 is 4.87 Å². The second-order valence-electron chi connectivity index (χ2n) is 3.53. The van der Waals surface area contributed by atoms with E-state index >= 15 is 0 Å². The standard InChI is InChI=1S/C12H7NO2S2/c14-11(9-2-1-5-16-9)7-3-4-8-10(6-7)17-12(15)13-8/h1-6H,(H,13,15). The number of carbonyl (C=O) groups is 1. The van der Waals surface area contributed by atoms with Crippen LogP contribution in [0.15, 0.2) is 40.5 Å². The van der Waals surface area contributed by atoms with Gasteiger partial charge < -0.3 is 4.98 Å². The molecule has 2 aromatic heterocycles. The van der Waals surface area contributed by atoms with E-state index in [2.05, 4.69) is 4.98 Å². The zero-order chi connectivity index (χ0) is 11.8. The van der Waals surface area contributed by atoms with E-state index in [-0.39, 0.29) is 10.7 Å². The van der Waals surface area contributed by atoms with Gasteiger partial charge in [0.25, 0.3) is 0 Å². The van der Waals surface area contributed by atoms with E-state index in [9.17, 15) is 9.59 Å². The molecule has 0 saturated heterocycles. The molecule has 3 aromatic rings. The summed E-state index contributed by atoms with van der Waals surface area (Å²) in [6, 6.07) is 8.93. The number of ketones is 1. The molecule has 0 unspecified atom stereocenters. The van der Waals surface area contributed by atoms with Crippen LogP contribution in [-0.2, 0) is 0 Å². The fraction of sp³-hybridized carbons (Fsp3) is 0. The van der Waals surface area contributed by atoms with E-state index in [1.165, 1.54) is 11.3 Å². The van der Waals surface area contributed by atoms with Crippen molar-refractivity contribution in [3.05, 3.63) is 55.8 Å². The third-order valence-corrected chi connectivity index (χ3v) is 4.14. The van der Waals surface area contributed by atoms with Gasteiger partial charge in [0.15, 0.2) is 0 Å². The van der Waals surface area contributed by atoms with Crippen LogP contribution in [0.2, 0.25) is 0 Å². The zero-order valence-electron chi connectivity index (χ0n) is 8.60. The number of benzene rings is 1. The van der Waals surface area contributed by atoms with Crippen molar-refractivity contribution >= 4 is 38.7 Å². The van der Waals surface area contributed by atoms with E-state index in [4.69, 9.17) is 0 Å². The summed E-state index contributed by atoms with van der Waals surface area (Å²) in [7, 11) is 0. The summed E-state index contributed by atoms with van der Waals surface area (Å²) in [6.07, 6.45) is 0. The quantitative estimate of drug-likeness (QED) is 0.721. The van der Waals surface area contributed by atoms with Gasteiger partial charge in [-0.3, -0.25) is 9.59 Å². The highest BCUT2D eigenvalue weighted by Gasteiger charge is 2.11. The molecule has 0 atom stereocenters. The SMILES string of the molecule is O=C(c1ccc2[nH]c(=O)sc2c1)c1cccs1. The topological polar surface area (TPSA) is 49.9 Å². The van der Waals surface area contributed by atoms with Gasteiger partial charge in [-0.2, -0.15) is 0 Å². The number of hydrogen-bond acceptors (Lipinski definition) is 4. The van der Waals surface area contributed by atoms with E-state index in [0.717, 1.165) is 21.6 Å². The number of fused-ring (bicyclic) bond motifs is 1. The molecule has 0 aliphatic carbocycles. The molecule has 0 aliphatic rings. The largest absolute Gasteiger partial charge is 0.312 e. The first kappa shape index (κ1) is 10.4. The van der Waals surface area contributed by atoms with Crippen LogP contribution >= 0.6 is 22.7 Å². The normalized spacial score (nSPS) is 10.8. The van der Waals surface area contributed by atoms with Crippen molar-refractivity contribution in [3.8, 4) is 0 Å². The molecule has 5 heteroatoms. The molecule has 0 saturated carbocycles. The molecule has 1 N–H and O–H groups in total. The van der Waals surface area contributed by atoms with Gasteiger partial charge in [-0.25, -0.2) is 0 Å². The Bertz CT molecular complexity index is 737. The van der Waals surface area contributed by atoms with Crippen molar-refractivity contribution in [1.82, 2.24) is 4.98 Å². The first-order valence-corrected chi connectivity index (χ1v) is 6.65. The summed E-state index contributed by atoms with van der Waals surface area (Å²) < 4.78 is 0.817. The lowest BCUT2D eigenvalue weighted by Crippen LogP contribution is -1.97. The molecule has 1 aromatic carbocycles. The molecular weight excluding hydrogens is 254 g/mol. The number of aromatic nitrogens is 1. The zero-order valence-corrected chi connectivity index (χ0v) is 10.2. The third-order valence-electron chi connectivity index (χ3n) is 2.43. The number of carbonyl (C=O) groups excluding carboxylic acids is 1. The van der Waals surface area contributed by atoms with Crippen molar-refractivity contribution in [1.29, 1.82) is 0 Å². The lowest BCUT2D eigenvalue weighted by Gasteiger charge is -1.97. The van der Waals surface area contributed by atoms with Gasteiger partial charge in [0, 0.05) is 5.56 Å². The second kappa shape index (κ2) is 3.94. The maximum absolute atomic E-state index is 12.1. The summed E-state index contributed by atoms with van der Waals surface area (Å²) >= 11 is 2.54. The lowest BCUT2D eigenvalue weighted by atomic mass is 10.1.